The molecule has 0 aliphatic carbocycles. The molecule has 4 nitrogen and oxygen atoms in total. The lowest BCUT2D eigenvalue weighted by Crippen LogP contribution is -2.62. The minimum absolute atomic E-state index is 0.0413. The summed E-state index contributed by atoms with van der Waals surface area (Å²) >= 11 is 11.8. The molecular weight excluding hydrogens is 407 g/mol. The van der Waals surface area contributed by atoms with Gasteiger partial charge in [-0.25, -0.2) is 0 Å². The minimum atomic E-state index is -0.150. The van der Waals surface area contributed by atoms with E-state index in [1.165, 1.54) is 0 Å². The quantitative estimate of drug-likeness (QED) is 0.643. The predicted molar refractivity (Wildman–Crippen MR) is 114 cm³/mol. The second kappa shape index (κ2) is 8.10. The fourth-order valence-corrected chi connectivity index (χ4v) is 4.17. The molecule has 2 saturated heterocycles. The number of hydrogen-bond donors (Lipinski definition) is 0. The van der Waals surface area contributed by atoms with Crippen LogP contribution < -0.4 is 0 Å². The van der Waals surface area contributed by atoms with Crippen LogP contribution in [0, 0.1) is 17.3 Å². The number of hydrogen-bond acceptors (Lipinski definition) is 2. The Morgan fingerprint density at radius 3 is 1.97 bits per heavy atom. The number of likely N-dealkylation sites (tertiary alicyclic amines) is 2. The number of amides is 2. The summed E-state index contributed by atoms with van der Waals surface area (Å²) < 4.78 is 0. The molecule has 0 bridgehead atoms. The second-order valence-corrected chi connectivity index (χ2v) is 8.59. The van der Waals surface area contributed by atoms with E-state index in [4.69, 9.17) is 23.2 Å². The summed E-state index contributed by atoms with van der Waals surface area (Å²) in [5.74, 6) is 5.51. The Bertz CT molecular complexity index is 974. The van der Waals surface area contributed by atoms with Crippen LogP contribution >= 0.6 is 23.2 Å². The Morgan fingerprint density at radius 2 is 1.38 bits per heavy atom. The zero-order chi connectivity index (χ0) is 20.4. The van der Waals surface area contributed by atoms with Gasteiger partial charge in [-0.3, -0.25) is 9.59 Å². The highest BCUT2D eigenvalue weighted by atomic mass is 35.5. The van der Waals surface area contributed by atoms with Crippen LogP contribution in [0.2, 0.25) is 10.0 Å². The SMILES string of the molecule is O=C(C#Cc1ccc(Cl)cc1)N1CCC2(CC1)CN(C(=O)c1ccc(Cl)cc1)C2. The van der Waals surface area contributed by atoms with E-state index in [9.17, 15) is 9.59 Å². The van der Waals surface area contributed by atoms with Crippen LogP contribution in [0.25, 0.3) is 0 Å². The van der Waals surface area contributed by atoms with E-state index in [2.05, 4.69) is 11.8 Å². The highest BCUT2D eigenvalue weighted by Gasteiger charge is 2.47. The molecule has 148 valence electrons. The van der Waals surface area contributed by atoms with Crippen molar-refractivity contribution in [3.05, 3.63) is 69.7 Å². The van der Waals surface area contributed by atoms with E-state index in [0.29, 0.717) is 28.7 Å². The van der Waals surface area contributed by atoms with Crippen LogP contribution in [-0.4, -0.2) is 47.8 Å². The zero-order valence-corrected chi connectivity index (χ0v) is 17.3. The van der Waals surface area contributed by atoms with Gasteiger partial charge in [-0.05, 0) is 61.4 Å². The van der Waals surface area contributed by atoms with Gasteiger partial charge < -0.3 is 9.80 Å². The van der Waals surface area contributed by atoms with E-state index in [1.54, 1.807) is 53.4 Å². The van der Waals surface area contributed by atoms with Gasteiger partial charge in [-0.1, -0.05) is 29.1 Å². The molecule has 2 aliphatic heterocycles. The summed E-state index contributed by atoms with van der Waals surface area (Å²) in [4.78, 5) is 28.6. The fraction of sp³-hybridized carbons (Fsp3) is 0.304. The Morgan fingerprint density at radius 1 is 0.828 bits per heavy atom. The van der Waals surface area contributed by atoms with Crippen LogP contribution in [-0.2, 0) is 4.79 Å². The Balaban J connectivity index is 1.29. The predicted octanol–water partition coefficient (Wildman–Crippen LogP) is 4.11. The molecule has 4 rings (SSSR count). The van der Waals surface area contributed by atoms with Crippen molar-refractivity contribution in [2.75, 3.05) is 26.2 Å². The van der Waals surface area contributed by atoms with Crippen LogP contribution in [0.5, 0.6) is 0 Å². The first-order valence-corrected chi connectivity index (χ1v) is 10.3. The maximum atomic E-state index is 12.6. The summed E-state index contributed by atoms with van der Waals surface area (Å²) in [6.45, 7) is 2.84. The van der Waals surface area contributed by atoms with Gasteiger partial charge in [0.05, 0.1) is 0 Å². The van der Waals surface area contributed by atoms with Crippen molar-refractivity contribution in [2.45, 2.75) is 12.8 Å². The molecule has 0 aromatic heterocycles. The molecule has 2 aromatic carbocycles. The van der Waals surface area contributed by atoms with Crippen molar-refractivity contribution in [3.8, 4) is 11.8 Å². The molecule has 1 spiro atoms. The molecule has 0 N–H and O–H groups in total. The van der Waals surface area contributed by atoms with E-state index in [-0.39, 0.29) is 17.2 Å². The highest BCUT2D eigenvalue weighted by molar-refractivity contribution is 6.30. The summed E-state index contributed by atoms with van der Waals surface area (Å²) in [6.07, 6.45) is 1.79. The van der Waals surface area contributed by atoms with Crippen LogP contribution in [0.1, 0.15) is 28.8 Å². The van der Waals surface area contributed by atoms with Gasteiger partial charge in [0.25, 0.3) is 11.8 Å². The van der Waals surface area contributed by atoms with E-state index in [1.807, 2.05) is 4.90 Å². The summed E-state index contributed by atoms with van der Waals surface area (Å²) in [5, 5.41) is 1.27. The minimum Gasteiger partial charge on any atom is -0.337 e. The number of rotatable bonds is 1. The Kier molecular flexibility index (Phi) is 5.54. The van der Waals surface area contributed by atoms with Crippen LogP contribution in [0.3, 0.4) is 0 Å². The Hall–Kier alpha value is -2.48. The maximum Gasteiger partial charge on any atom is 0.298 e. The molecule has 0 radical (unpaired) electrons. The number of carbonyl (C=O) groups excluding carboxylic acids is 2. The molecular formula is C23H20Cl2N2O2. The molecule has 2 aliphatic rings. The standard InChI is InChI=1S/C23H20Cl2N2O2/c24-19-6-1-17(2-7-19)3-10-21(28)26-13-11-23(12-14-26)15-27(16-23)22(29)18-4-8-20(25)9-5-18/h1-2,4-9H,11-16H2. The van der Waals surface area contributed by atoms with Crippen molar-refractivity contribution in [3.63, 3.8) is 0 Å². The summed E-state index contributed by atoms with van der Waals surface area (Å²) in [5.41, 5.74) is 1.56. The van der Waals surface area contributed by atoms with Gasteiger partial charge in [-0.2, -0.15) is 0 Å². The lowest BCUT2D eigenvalue weighted by molar-refractivity contribution is -0.129. The topological polar surface area (TPSA) is 40.6 Å². The fourth-order valence-electron chi connectivity index (χ4n) is 3.92. The summed E-state index contributed by atoms with van der Waals surface area (Å²) in [6, 6.07) is 14.1. The van der Waals surface area contributed by atoms with Gasteiger partial charge >= 0.3 is 0 Å². The molecule has 0 unspecified atom stereocenters. The van der Waals surface area contributed by atoms with Gasteiger partial charge in [0.1, 0.15) is 0 Å². The van der Waals surface area contributed by atoms with E-state index >= 15 is 0 Å². The first kappa shape index (κ1) is 19.8. The number of piperidine rings is 1. The van der Waals surface area contributed by atoms with E-state index in [0.717, 1.165) is 31.5 Å². The van der Waals surface area contributed by atoms with Crippen molar-refractivity contribution in [2.24, 2.45) is 5.41 Å². The van der Waals surface area contributed by atoms with Gasteiger partial charge in [0.15, 0.2) is 0 Å². The average Bonchev–Trinajstić information content (AvgIpc) is 2.71. The van der Waals surface area contributed by atoms with Crippen molar-refractivity contribution in [1.29, 1.82) is 0 Å². The van der Waals surface area contributed by atoms with Crippen LogP contribution in [0.15, 0.2) is 48.5 Å². The first-order valence-electron chi connectivity index (χ1n) is 9.56. The van der Waals surface area contributed by atoms with Crippen molar-refractivity contribution >= 4 is 35.0 Å². The molecule has 2 amide bonds. The molecule has 2 fully saturated rings. The molecule has 29 heavy (non-hydrogen) atoms. The first-order chi connectivity index (χ1) is 13.9. The number of halogens is 2. The monoisotopic (exact) mass is 426 g/mol. The summed E-state index contributed by atoms with van der Waals surface area (Å²) in [7, 11) is 0. The second-order valence-electron chi connectivity index (χ2n) is 7.72. The van der Waals surface area contributed by atoms with E-state index < -0.39 is 0 Å². The number of nitrogens with zero attached hydrogens (tertiary/aromatic N) is 2. The third-order valence-electron chi connectivity index (χ3n) is 5.70. The average molecular weight is 427 g/mol. The van der Waals surface area contributed by atoms with Gasteiger partial charge in [-0.15, -0.1) is 0 Å². The van der Waals surface area contributed by atoms with Crippen molar-refractivity contribution < 1.29 is 9.59 Å². The molecule has 2 heterocycles. The lowest BCUT2D eigenvalue weighted by atomic mass is 9.71. The van der Waals surface area contributed by atoms with Gasteiger partial charge in [0.2, 0.25) is 0 Å². The third-order valence-corrected chi connectivity index (χ3v) is 6.20. The zero-order valence-electron chi connectivity index (χ0n) is 15.8. The molecule has 2 aromatic rings. The highest BCUT2D eigenvalue weighted by Crippen LogP contribution is 2.41. The number of carbonyl (C=O) groups is 2. The molecule has 0 saturated carbocycles. The normalized spacial score (nSPS) is 17.3. The number of benzene rings is 2. The van der Waals surface area contributed by atoms with Crippen LogP contribution in [0.4, 0.5) is 0 Å². The lowest BCUT2D eigenvalue weighted by Gasteiger charge is -2.53. The smallest absolute Gasteiger partial charge is 0.298 e. The third kappa shape index (κ3) is 4.42. The molecule has 6 heteroatoms. The van der Waals surface area contributed by atoms with Crippen molar-refractivity contribution in [1.82, 2.24) is 9.80 Å². The molecule has 0 atom stereocenters. The largest absolute Gasteiger partial charge is 0.337 e. The maximum absolute atomic E-state index is 12.6. The van der Waals surface area contributed by atoms with Gasteiger partial charge in [0, 0.05) is 58.7 Å². The Labute approximate surface area is 180 Å².